The summed E-state index contributed by atoms with van der Waals surface area (Å²) in [5.41, 5.74) is 7.05. The summed E-state index contributed by atoms with van der Waals surface area (Å²) in [6.07, 6.45) is 13.2. The van der Waals surface area contributed by atoms with Crippen molar-refractivity contribution in [2.75, 3.05) is 0 Å². The molecule has 4 aliphatic rings. The van der Waals surface area contributed by atoms with Crippen LogP contribution in [-0.2, 0) is 10.8 Å². The Kier molecular flexibility index (Phi) is 8.02. The van der Waals surface area contributed by atoms with E-state index < -0.39 is 0 Å². The minimum Gasteiger partial charge on any atom is -0.208 e. The molecule has 0 amide bonds. The first kappa shape index (κ1) is 31.4. The van der Waals surface area contributed by atoms with Crippen LogP contribution in [0.2, 0.25) is 0 Å². The molecule has 0 N–H and O–H groups in total. The molecular weight excluding hydrogens is 585 g/mol. The predicted octanol–water partition coefficient (Wildman–Crippen LogP) is 11.0. The predicted molar refractivity (Wildman–Crippen MR) is 194 cm³/mol. The summed E-state index contributed by atoms with van der Waals surface area (Å²) in [5.74, 6) is 6.66. The monoisotopic (exact) mass is 634 g/mol. The Morgan fingerprint density at radius 2 is 0.979 bits per heavy atom. The van der Waals surface area contributed by atoms with E-state index >= 15 is 0 Å². The van der Waals surface area contributed by atoms with E-state index in [2.05, 4.69) is 64.1 Å². The van der Waals surface area contributed by atoms with E-state index in [-0.39, 0.29) is 10.8 Å². The van der Waals surface area contributed by atoms with E-state index in [1.54, 1.807) is 0 Å². The number of benzene rings is 3. The zero-order valence-corrected chi connectivity index (χ0v) is 29.3. The van der Waals surface area contributed by atoms with Crippen LogP contribution in [0.5, 0.6) is 0 Å². The number of nitriles is 1. The summed E-state index contributed by atoms with van der Waals surface area (Å²) in [7, 11) is 0. The maximum atomic E-state index is 9.70. The standard InChI is InChI=1S/C44H50N4/c1-28-13-33-14-29(2)22-43(21-28,25-33)38-18-37(19-39(20-38)44-23-30(3)15-34(26-44)16-31(4)24-44)42-47-40(35-10-6-5-7-11-35)46-41(48-42)36-12-8-9-32(17-36)27-45/h5-12,17-20,28-31,33-34H,13-16,21-26H2,1-4H3/t28-,29+,30-,31+,33-,34-,43?,44?. The molecule has 0 saturated heterocycles. The van der Waals surface area contributed by atoms with Crippen LogP contribution >= 0.6 is 0 Å². The van der Waals surface area contributed by atoms with Crippen molar-refractivity contribution in [2.24, 2.45) is 35.5 Å². The van der Waals surface area contributed by atoms with Gasteiger partial charge in [-0.15, -0.1) is 0 Å². The Labute approximate surface area is 287 Å². The third-order valence-electron chi connectivity index (χ3n) is 12.6. The van der Waals surface area contributed by atoms with Gasteiger partial charge >= 0.3 is 0 Å². The van der Waals surface area contributed by atoms with Crippen LogP contribution in [0, 0.1) is 46.8 Å². The molecule has 4 saturated carbocycles. The zero-order chi connectivity index (χ0) is 33.0. The van der Waals surface area contributed by atoms with Gasteiger partial charge in [-0.3, -0.25) is 0 Å². The van der Waals surface area contributed by atoms with Crippen LogP contribution in [0.15, 0.2) is 72.8 Å². The van der Waals surface area contributed by atoms with Crippen LogP contribution in [0.3, 0.4) is 0 Å². The fourth-order valence-corrected chi connectivity index (χ4v) is 11.6. The van der Waals surface area contributed by atoms with Crippen molar-refractivity contribution in [3.63, 3.8) is 0 Å². The molecule has 4 aliphatic carbocycles. The molecule has 0 aliphatic heterocycles. The quantitative estimate of drug-likeness (QED) is 0.219. The molecule has 0 spiro atoms. The smallest absolute Gasteiger partial charge is 0.164 e. The van der Waals surface area contributed by atoms with Gasteiger partial charge in [0.15, 0.2) is 17.5 Å². The van der Waals surface area contributed by atoms with Gasteiger partial charge in [0.2, 0.25) is 0 Å². The van der Waals surface area contributed by atoms with Crippen molar-refractivity contribution in [1.82, 2.24) is 15.0 Å². The summed E-state index contributed by atoms with van der Waals surface area (Å²) < 4.78 is 0. The number of hydrogen-bond acceptors (Lipinski definition) is 4. The van der Waals surface area contributed by atoms with E-state index in [4.69, 9.17) is 15.0 Å². The lowest BCUT2D eigenvalue weighted by Gasteiger charge is -2.52. The number of aromatic nitrogens is 3. The van der Waals surface area contributed by atoms with Gasteiger partial charge in [-0.05, 0) is 146 Å². The minimum absolute atomic E-state index is 0.209. The fraction of sp³-hybridized carbons (Fsp3) is 0.500. The highest BCUT2D eigenvalue weighted by molar-refractivity contribution is 5.68. The van der Waals surface area contributed by atoms with E-state index in [9.17, 15) is 5.26 Å². The topological polar surface area (TPSA) is 62.5 Å². The highest BCUT2D eigenvalue weighted by Crippen LogP contribution is 2.58. The highest BCUT2D eigenvalue weighted by Gasteiger charge is 2.48. The fourth-order valence-electron chi connectivity index (χ4n) is 11.6. The van der Waals surface area contributed by atoms with Crippen molar-refractivity contribution < 1.29 is 0 Å². The number of hydrogen-bond donors (Lipinski definition) is 0. The Hall–Kier alpha value is -3.84. The van der Waals surface area contributed by atoms with Crippen molar-refractivity contribution >= 4 is 0 Å². The summed E-state index contributed by atoms with van der Waals surface area (Å²) in [4.78, 5) is 15.5. The molecular formula is C44H50N4. The third-order valence-corrected chi connectivity index (χ3v) is 12.6. The van der Waals surface area contributed by atoms with E-state index in [0.717, 1.165) is 58.0 Å². The molecule has 3 aromatic carbocycles. The van der Waals surface area contributed by atoms with Crippen LogP contribution in [0.25, 0.3) is 34.2 Å². The first-order chi connectivity index (χ1) is 23.2. The van der Waals surface area contributed by atoms with E-state index in [1.165, 1.54) is 75.3 Å². The van der Waals surface area contributed by atoms with Crippen LogP contribution < -0.4 is 0 Å². The molecule has 4 fully saturated rings. The second-order valence-electron chi connectivity index (χ2n) is 17.0. The number of nitrogens with zero attached hydrogens (tertiary/aromatic N) is 4. The molecule has 48 heavy (non-hydrogen) atoms. The molecule has 2 unspecified atom stereocenters. The first-order valence-corrected chi connectivity index (χ1v) is 18.7. The Morgan fingerprint density at radius 3 is 1.48 bits per heavy atom. The average Bonchev–Trinajstić information content (AvgIpc) is 3.07. The first-order valence-electron chi connectivity index (χ1n) is 18.7. The van der Waals surface area contributed by atoms with Gasteiger partial charge < -0.3 is 0 Å². The van der Waals surface area contributed by atoms with Crippen LogP contribution in [0.4, 0.5) is 0 Å². The Morgan fingerprint density at radius 1 is 0.521 bits per heavy atom. The molecule has 246 valence electrons. The van der Waals surface area contributed by atoms with Crippen LogP contribution in [0.1, 0.15) is 109 Å². The van der Waals surface area contributed by atoms with Crippen molar-refractivity contribution in [2.45, 2.75) is 103 Å². The summed E-state index contributed by atoms with van der Waals surface area (Å²) in [5, 5.41) is 9.70. The normalized spacial score (nSPS) is 32.7. The van der Waals surface area contributed by atoms with Gasteiger partial charge in [-0.25, -0.2) is 15.0 Å². The lowest BCUT2D eigenvalue weighted by atomic mass is 9.52. The third kappa shape index (κ3) is 5.89. The van der Waals surface area contributed by atoms with Gasteiger partial charge in [0.05, 0.1) is 11.6 Å². The Bertz CT molecular complexity index is 1750. The number of fused-ring (bicyclic) bond motifs is 4. The lowest BCUT2D eigenvalue weighted by Crippen LogP contribution is -2.44. The van der Waals surface area contributed by atoms with E-state index in [1.807, 2.05) is 42.5 Å². The number of rotatable bonds is 5. The second kappa shape index (κ2) is 12.2. The molecule has 4 bridgehead atoms. The SMILES string of the molecule is C[C@@H]1C[C@@H]2C[C@H](C)CC(c3cc(-c4nc(-c5ccccc5)nc(-c5cccc(C#N)c5)n4)cc(C45C[C@H](C)C[C@H](C[C@H](C)C4)C5)c3)(C1)C2. The highest BCUT2D eigenvalue weighted by atomic mass is 15.0. The molecule has 4 heteroatoms. The van der Waals surface area contributed by atoms with Crippen molar-refractivity contribution in [3.8, 4) is 40.2 Å². The van der Waals surface area contributed by atoms with Gasteiger partial charge in [-0.2, -0.15) is 5.26 Å². The maximum Gasteiger partial charge on any atom is 0.164 e. The minimum atomic E-state index is 0.209. The van der Waals surface area contributed by atoms with E-state index in [0.29, 0.717) is 17.2 Å². The summed E-state index contributed by atoms with van der Waals surface area (Å²) in [6, 6.07) is 27.9. The maximum absolute atomic E-state index is 9.70. The molecule has 1 heterocycles. The van der Waals surface area contributed by atoms with Gasteiger partial charge in [0, 0.05) is 16.7 Å². The molecule has 0 radical (unpaired) electrons. The second-order valence-corrected chi connectivity index (χ2v) is 17.0. The van der Waals surface area contributed by atoms with Crippen molar-refractivity contribution in [3.05, 3.63) is 89.5 Å². The molecule has 8 atom stereocenters. The van der Waals surface area contributed by atoms with Gasteiger partial charge in [0.25, 0.3) is 0 Å². The van der Waals surface area contributed by atoms with Crippen LogP contribution in [-0.4, -0.2) is 15.0 Å². The molecule has 8 rings (SSSR count). The average molecular weight is 635 g/mol. The zero-order valence-electron chi connectivity index (χ0n) is 29.3. The molecule has 1 aromatic heterocycles. The summed E-state index contributed by atoms with van der Waals surface area (Å²) in [6.45, 7) is 9.99. The summed E-state index contributed by atoms with van der Waals surface area (Å²) >= 11 is 0. The largest absolute Gasteiger partial charge is 0.208 e. The van der Waals surface area contributed by atoms with Crippen molar-refractivity contribution in [1.29, 1.82) is 5.26 Å². The lowest BCUT2D eigenvalue weighted by molar-refractivity contribution is 0.0738. The molecule has 4 nitrogen and oxygen atoms in total. The molecule has 4 aromatic rings. The Balaban J connectivity index is 1.35. The van der Waals surface area contributed by atoms with Gasteiger partial charge in [-0.1, -0.05) is 76.2 Å². The van der Waals surface area contributed by atoms with Gasteiger partial charge in [0.1, 0.15) is 0 Å².